The van der Waals surface area contributed by atoms with E-state index in [0.717, 1.165) is 18.7 Å². The molecule has 1 N–H and O–H groups in total. The topological polar surface area (TPSA) is 29.1 Å². The predicted molar refractivity (Wildman–Crippen MR) is 85.7 cm³/mol. The maximum atomic E-state index is 11.6. The summed E-state index contributed by atoms with van der Waals surface area (Å²) in [5.41, 5.74) is 0. The van der Waals surface area contributed by atoms with Crippen molar-refractivity contribution in [3.63, 3.8) is 0 Å². The van der Waals surface area contributed by atoms with Crippen LogP contribution in [0.15, 0.2) is 0 Å². The van der Waals surface area contributed by atoms with Crippen molar-refractivity contribution in [1.82, 2.24) is 5.32 Å². The summed E-state index contributed by atoms with van der Waals surface area (Å²) in [6.45, 7) is 3.13. The third-order valence-corrected chi connectivity index (χ3v) is 5.12. The van der Waals surface area contributed by atoms with Crippen molar-refractivity contribution in [3.05, 3.63) is 0 Å². The molecule has 2 nitrogen and oxygen atoms in total. The van der Waals surface area contributed by atoms with E-state index >= 15 is 0 Å². The van der Waals surface area contributed by atoms with E-state index in [9.17, 15) is 4.79 Å². The van der Waals surface area contributed by atoms with Gasteiger partial charge in [-0.25, -0.2) is 0 Å². The normalized spacial score (nSPS) is 19.4. The summed E-state index contributed by atoms with van der Waals surface area (Å²) < 4.78 is 0. The van der Waals surface area contributed by atoms with Crippen molar-refractivity contribution in [2.24, 2.45) is 0 Å². The van der Waals surface area contributed by atoms with E-state index in [1.165, 1.54) is 64.2 Å². The molecular weight excluding hydrogens is 254 g/mol. The van der Waals surface area contributed by atoms with Crippen LogP contribution in [0.5, 0.6) is 0 Å². The summed E-state index contributed by atoms with van der Waals surface area (Å²) >= 11 is 1.84. The second kappa shape index (κ2) is 11.6. The largest absolute Gasteiger partial charge is 0.354 e. The van der Waals surface area contributed by atoms with Crippen LogP contribution in [0.3, 0.4) is 0 Å². The van der Waals surface area contributed by atoms with E-state index in [2.05, 4.69) is 12.2 Å². The Hall–Kier alpha value is -0.180. The van der Waals surface area contributed by atoms with Crippen molar-refractivity contribution >= 4 is 17.7 Å². The van der Waals surface area contributed by atoms with E-state index in [-0.39, 0.29) is 11.2 Å². The van der Waals surface area contributed by atoms with E-state index in [4.69, 9.17) is 0 Å². The van der Waals surface area contributed by atoms with Crippen LogP contribution in [0.4, 0.5) is 0 Å². The molecule has 1 heterocycles. The molecular formula is C16H31NOS. The third-order valence-electron chi connectivity index (χ3n) is 3.83. The molecule has 112 valence electrons. The standard InChI is InChI=1S/C16H31NOS/c1-2-3-4-5-6-7-8-9-10-11-12-15-16(18)17-13-14-19-15/h15H,2-14H2,1H3,(H,17,18). The molecule has 1 saturated heterocycles. The Kier molecular flexibility index (Phi) is 10.3. The molecule has 3 heteroatoms. The third kappa shape index (κ3) is 8.56. The molecule has 0 aromatic heterocycles. The first-order valence-corrected chi connectivity index (χ1v) is 9.28. The second-order valence-corrected chi connectivity index (χ2v) is 6.93. The fourth-order valence-corrected chi connectivity index (χ4v) is 3.67. The lowest BCUT2D eigenvalue weighted by molar-refractivity contribution is -0.120. The molecule has 0 aliphatic carbocycles. The molecule has 0 bridgehead atoms. The van der Waals surface area contributed by atoms with Gasteiger partial charge in [0.1, 0.15) is 0 Å². The van der Waals surface area contributed by atoms with E-state index < -0.39 is 0 Å². The summed E-state index contributed by atoms with van der Waals surface area (Å²) in [6.07, 6.45) is 14.8. The number of hydrogen-bond donors (Lipinski definition) is 1. The molecule has 1 aliphatic heterocycles. The highest BCUT2D eigenvalue weighted by atomic mass is 32.2. The van der Waals surface area contributed by atoms with Gasteiger partial charge in [-0.15, -0.1) is 11.8 Å². The highest BCUT2D eigenvalue weighted by molar-refractivity contribution is 8.00. The summed E-state index contributed by atoms with van der Waals surface area (Å²) in [7, 11) is 0. The summed E-state index contributed by atoms with van der Waals surface area (Å²) in [6, 6.07) is 0. The molecule has 0 aromatic carbocycles. The van der Waals surface area contributed by atoms with E-state index in [0.29, 0.717) is 0 Å². The van der Waals surface area contributed by atoms with Gasteiger partial charge in [-0.3, -0.25) is 4.79 Å². The van der Waals surface area contributed by atoms with Crippen LogP contribution in [0.2, 0.25) is 0 Å². The van der Waals surface area contributed by atoms with Crippen molar-refractivity contribution in [2.75, 3.05) is 12.3 Å². The fraction of sp³-hybridized carbons (Fsp3) is 0.938. The minimum Gasteiger partial charge on any atom is -0.354 e. The maximum absolute atomic E-state index is 11.6. The lowest BCUT2D eigenvalue weighted by Crippen LogP contribution is -2.39. The predicted octanol–water partition coefficient (Wildman–Crippen LogP) is 4.53. The van der Waals surface area contributed by atoms with Gasteiger partial charge in [0.05, 0.1) is 5.25 Å². The minimum absolute atomic E-state index is 0.239. The van der Waals surface area contributed by atoms with Crippen molar-refractivity contribution in [1.29, 1.82) is 0 Å². The Morgan fingerprint density at radius 1 is 1.00 bits per heavy atom. The highest BCUT2D eigenvalue weighted by Crippen LogP contribution is 2.21. The molecule has 0 radical (unpaired) electrons. The quantitative estimate of drug-likeness (QED) is 0.565. The average Bonchev–Trinajstić information content (AvgIpc) is 2.43. The molecule has 0 aromatic rings. The fourth-order valence-electron chi connectivity index (χ4n) is 2.60. The lowest BCUT2D eigenvalue weighted by Gasteiger charge is -2.21. The van der Waals surface area contributed by atoms with E-state index in [1.54, 1.807) is 0 Å². The van der Waals surface area contributed by atoms with Crippen LogP contribution < -0.4 is 5.32 Å². The van der Waals surface area contributed by atoms with Crippen molar-refractivity contribution in [3.8, 4) is 0 Å². The molecule has 1 amide bonds. The van der Waals surface area contributed by atoms with Crippen LogP contribution in [0.25, 0.3) is 0 Å². The average molecular weight is 285 g/mol. The molecule has 1 fully saturated rings. The Morgan fingerprint density at radius 3 is 2.16 bits per heavy atom. The van der Waals surface area contributed by atoms with Crippen LogP contribution in [-0.4, -0.2) is 23.5 Å². The Bertz CT molecular complexity index is 233. The van der Waals surface area contributed by atoms with Gasteiger partial charge < -0.3 is 5.32 Å². The lowest BCUT2D eigenvalue weighted by atomic mass is 10.1. The number of rotatable bonds is 11. The number of amides is 1. The zero-order valence-corrected chi connectivity index (χ0v) is 13.4. The van der Waals surface area contributed by atoms with Gasteiger partial charge in [0.25, 0.3) is 0 Å². The second-order valence-electron chi connectivity index (χ2n) is 5.62. The molecule has 0 saturated carbocycles. The Balaban J connectivity index is 1.82. The smallest absolute Gasteiger partial charge is 0.233 e. The number of hydrogen-bond acceptors (Lipinski definition) is 2. The zero-order valence-electron chi connectivity index (χ0n) is 12.6. The van der Waals surface area contributed by atoms with Crippen molar-refractivity contribution < 1.29 is 4.79 Å². The Labute approximate surface area is 123 Å². The van der Waals surface area contributed by atoms with Crippen LogP contribution in [0, 0.1) is 0 Å². The number of unbranched alkanes of at least 4 members (excludes halogenated alkanes) is 9. The van der Waals surface area contributed by atoms with Gasteiger partial charge >= 0.3 is 0 Å². The number of carbonyl (C=O) groups excluding carboxylic acids is 1. The molecule has 0 spiro atoms. The van der Waals surface area contributed by atoms with Gasteiger partial charge in [0.15, 0.2) is 0 Å². The summed E-state index contributed by atoms with van der Waals surface area (Å²) in [5.74, 6) is 1.36. The van der Waals surface area contributed by atoms with Crippen LogP contribution in [-0.2, 0) is 4.79 Å². The molecule has 1 aliphatic rings. The van der Waals surface area contributed by atoms with Gasteiger partial charge in [-0.2, -0.15) is 0 Å². The zero-order chi connectivity index (χ0) is 13.8. The summed E-state index contributed by atoms with van der Waals surface area (Å²) in [5, 5.41) is 3.20. The highest BCUT2D eigenvalue weighted by Gasteiger charge is 2.21. The first-order valence-electron chi connectivity index (χ1n) is 8.24. The molecule has 19 heavy (non-hydrogen) atoms. The van der Waals surface area contributed by atoms with Gasteiger partial charge in [0.2, 0.25) is 5.91 Å². The Morgan fingerprint density at radius 2 is 1.58 bits per heavy atom. The number of thioether (sulfide) groups is 1. The molecule has 1 unspecified atom stereocenters. The van der Waals surface area contributed by atoms with Crippen LogP contribution >= 0.6 is 11.8 Å². The summed E-state index contributed by atoms with van der Waals surface area (Å²) in [4.78, 5) is 11.6. The number of nitrogens with one attached hydrogen (secondary N) is 1. The molecule has 1 atom stereocenters. The minimum atomic E-state index is 0.239. The first-order chi connectivity index (χ1) is 9.34. The van der Waals surface area contributed by atoms with Crippen LogP contribution in [0.1, 0.15) is 77.6 Å². The SMILES string of the molecule is CCCCCCCCCCCCC1SCCNC1=O. The van der Waals surface area contributed by atoms with Crippen molar-refractivity contribution in [2.45, 2.75) is 82.8 Å². The maximum Gasteiger partial charge on any atom is 0.233 e. The van der Waals surface area contributed by atoms with E-state index in [1.807, 2.05) is 11.8 Å². The number of carbonyl (C=O) groups is 1. The molecule has 1 rings (SSSR count). The van der Waals surface area contributed by atoms with Gasteiger partial charge in [0, 0.05) is 12.3 Å². The van der Waals surface area contributed by atoms with Gasteiger partial charge in [-0.05, 0) is 6.42 Å². The first kappa shape index (κ1) is 16.9. The van der Waals surface area contributed by atoms with Gasteiger partial charge in [-0.1, -0.05) is 71.1 Å². The monoisotopic (exact) mass is 285 g/mol.